The van der Waals surface area contributed by atoms with E-state index in [2.05, 4.69) is 38.1 Å². The lowest BCUT2D eigenvalue weighted by molar-refractivity contribution is -0.179. The minimum absolute atomic E-state index is 0.0173. The van der Waals surface area contributed by atoms with E-state index >= 15 is 0 Å². The lowest BCUT2D eigenvalue weighted by Crippen LogP contribution is -2.62. The first-order valence-corrected chi connectivity index (χ1v) is 7.35. The van der Waals surface area contributed by atoms with Crippen molar-refractivity contribution in [3.63, 3.8) is 0 Å². The van der Waals surface area contributed by atoms with Crippen LogP contribution < -0.4 is 0 Å². The Morgan fingerprint density at radius 3 is 2.79 bits per heavy atom. The standard InChI is InChI=1S/C17H22O2/c1-4-13-11-16(3)14-9-7-6-8-12(14)10-17(13,16)15(18)19-5-2/h6-9,13H,4-5,10-11H2,1-3H3/t13-,16-,17-/m1/s1. The summed E-state index contributed by atoms with van der Waals surface area (Å²) in [6, 6.07) is 8.53. The van der Waals surface area contributed by atoms with Gasteiger partial charge in [-0.3, -0.25) is 4.79 Å². The van der Waals surface area contributed by atoms with Gasteiger partial charge in [-0.1, -0.05) is 44.5 Å². The number of carbonyl (C=O) groups excluding carboxylic acids is 1. The van der Waals surface area contributed by atoms with E-state index in [-0.39, 0.29) is 16.8 Å². The Morgan fingerprint density at radius 1 is 1.37 bits per heavy atom. The molecular formula is C17H22O2. The molecule has 2 aliphatic rings. The predicted octanol–water partition coefficient (Wildman–Crippen LogP) is 3.48. The fourth-order valence-electron chi connectivity index (χ4n) is 4.59. The van der Waals surface area contributed by atoms with Crippen LogP contribution in [-0.2, 0) is 21.4 Å². The summed E-state index contributed by atoms with van der Waals surface area (Å²) in [7, 11) is 0. The van der Waals surface area contributed by atoms with Gasteiger partial charge < -0.3 is 4.74 Å². The third kappa shape index (κ3) is 1.35. The molecule has 1 fully saturated rings. The molecule has 2 heteroatoms. The van der Waals surface area contributed by atoms with Crippen LogP contribution in [0.25, 0.3) is 0 Å². The van der Waals surface area contributed by atoms with E-state index in [1.165, 1.54) is 11.1 Å². The van der Waals surface area contributed by atoms with E-state index in [1.54, 1.807) is 0 Å². The summed E-state index contributed by atoms with van der Waals surface area (Å²) in [5, 5.41) is 0. The van der Waals surface area contributed by atoms with Gasteiger partial charge in [-0.05, 0) is 36.8 Å². The van der Waals surface area contributed by atoms with Gasteiger partial charge >= 0.3 is 5.97 Å². The summed E-state index contributed by atoms with van der Waals surface area (Å²) in [6.45, 7) is 6.81. The molecule has 19 heavy (non-hydrogen) atoms. The highest BCUT2D eigenvalue weighted by atomic mass is 16.5. The first-order valence-electron chi connectivity index (χ1n) is 7.35. The van der Waals surface area contributed by atoms with Crippen molar-refractivity contribution in [3.8, 4) is 0 Å². The van der Waals surface area contributed by atoms with Crippen LogP contribution in [0.2, 0.25) is 0 Å². The second-order valence-electron chi connectivity index (χ2n) is 6.17. The second-order valence-corrected chi connectivity index (χ2v) is 6.17. The SMILES string of the molecule is CCOC(=O)[C@]12Cc3ccccc3[C@@]1(C)C[C@H]2CC. The monoisotopic (exact) mass is 258 g/mol. The van der Waals surface area contributed by atoms with Crippen molar-refractivity contribution in [3.05, 3.63) is 35.4 Å². The summed E-state index contributed by atoms with van der Waals surface area (Å²) in [6.07, 6.45) is 3.03. The van der Waals surface area contributed by atoms with Gasteiger partial charge in [0.2, 0.25) is 0 Å². The zero-order valence-electron chi connectivity index (χ0n) is 12.0. The van der Waals surface area contributed by atoms with Crippen molar-refractivity contribution in [2.45, 2.75) is 45.4 Å². The van der Waals surface area contributed by atoms with Crippen molar-refractivity contribution in [2.75, 3.05) is 6.61 Å². The maximum absolute atomic E-state index is 12.6. The third-order valence-electron chi connectivity index (χ3n) is 5.55. The molecule has 3 rings (SSSR count). The molecule has 0 N–H and O–H groups in total. The Kier molecular flexibility index (Phi) is 2.74. The fraction of sp³-hybridized carbons (Fsp3) is 0.588. The third-order valence-corrected chi connectivity index (χ3v) is 5.55. The second kappa shape index (κ2) is 4.09. The van der Waals surface area contributed by atoms with Gasteiger partial charge in [0, 0.05) is 5.41 Å². The van der Waals surface area contributed by atoms with Crippen LogP contribution in [0, 0.1) is 11.3 Å². The van der Waals surface area contributed by atoms with Gasteiger partial charge in [0.1, 0.15) is 0 Å². The van der Waals surface area contributed by atoms with Crippen LogP contribution in [0.3, 0.4) is 0 Å². The molecule has 0 heterocycles. The molecule has 0 spiro atoms. The van der Waals surface area contributed by atoms with E-state index in [0.29, 0.717) is 12.5 Å². The highest BCUT2D eigenvalue weighted by Crippen LogP contribution is 2.68. The van der Waals surface area contributed by atoms with Gasteiger partial charge in [0.15, 0.2) is 0 Å². The molecular weight excluding hydrogens is 236 g/mol. The topological polar surface area (TPSA) is 26.3 Å². The Morgan fingerprint density at radius 2 is 2.11 bits per heavy atom. The van der Waals surface area contributed by atoms with Crippen LogP contribution in [0.4, 0.5) is 0 Å². The van der Waals surface area contributed by atoms with E-state index in [0.717, 1.165) is 19.3 Å². The van der Waals surface area contributed by atoms with Crippen LogP contribution in [-0.4, -0.2) is 12.6 Å². The van der Waals surface area contributed by atoms with Crippen molar-refractivity contribution in [2.24, 2.45) is 11.3 Å². The maximum Gasteiger partial charge on any atom is 0.313 e. The molecule has 2 aliphatic carbocycles. The molecule has 102 valence electrons. The summed E-state index contributed by atoms with van der Waals surface area (Å²) in [5.74, 6) is 0.482. The maximum atomic E-state index is 12.6. The molecule has 1 saturated carbocycles. The van der Waals surface area contributed by atoms with Gasteiger partial charge in [-0.25, -0.2) is 0 Å². The average Bonchev–Trinajstić information content (AvgIpc) is 2.60. The molecule has 0 aliphatic heterocycles. The Bertz CT molecular complexity index is 522. The molecule has 0 amide bonds. The van der Waals surface area contributed by atoms with Gasteiger partial charge in [-0.2, -0.15) is 0 Å². The van der Waals surface area contributed by atoms with E-state index in [9.17, 15) is 4.79 Å². The number of hydrogen-bond donors (Lipinski definition) is 0. The van der Waals surface area contributed by atoms with E-state index < -0.39 is 0 Å². The minimum atomic E-state index is -0.304. The molecule has 0 aromatic heterocycles. The summed E-state index contributed by atoms with van der Waals surface area (Å²) < 4.78 is 5.44. The van der Waals surface area contributed by atoms with Gasteiger partial charge in [0.05, 0.1) is 12.0 Å². The van der Waals surface area contributed by atoms with Crippen LogP contribution in [0.1, 0.15) is 44.7 Å². The molecule has 0 radical (unpaired) electrons. The van der Waals surface area contributed by atoms with E-state index in [4.69, 9.17) is 4.74 Å². The first kappa shape index (κ1) is 12.7. The van der Waals surface area contributed by atoms with Crippen LogP contribution in [0.5, 0.6) is 0 Å². The molecule has 3 atom stereocenters. The van der Waals surface area contributed by atoms with Crippen molar-refractivity contribution in [1.82, 2.24) is 0 Å². The molecule has 0 saturated heterocycles. The summed E-state index contributed by atoms with van der Waals surface area (Å²) >= 11 is 0. The Balaban J connectivity index is 2.08. The molecule has 1 aromatic carbocycles. The summed E-state index contributed by atoms with van der Waals surface area (Å²) in [4.78, 5) is 12.6. The van der Waals surface area contributed by atoms with Gasteiger partial charge in [0.25, 0.3) is 0 Å². The highest BCUT2D eigenvalue weighted by molar-refractivity contribution is 5.84. The molecule has 0 unspecified atom stereocenters. The number of hydrogen-bond acceptors (Lipinski definition) is 2. The largest absolute Gasteiger partial charge is 0.466 e. The predicted molar refractivity (Wildman–Crippen MR) is 75.0 cm³/mol. The fourth-order valence-corrected chi connectivity index (χ4v) is 4.59. The minimum Gasteiger partial charge on any atom is -0.466 e. The number of benzene rings is 1. The van der Waals surface area contributed by atoms with Gasteiger partial charge in [-0.15, -0.1) is 0 Å². The smallest absolute Gasteiger partial charge is 0.313 e. The quantitative estimate of drug-likeness (QED) is 0.776. The average molecular weight is 258 g/mol. The van der Waals surface area contributed by atoms with Crippen molar-refractivity contribution in [1.29, 1.82) is 0 Å². The molecule has 2 nitrogen and oxygen atoms in total. The number of carbonyl (C=O) groups is 1. The normalized spacial score (nSPS) is 35.2. The number of rotatable bonds is 3. The van der Waals surface area contributed by atoms with E-state index in [1.807, 2.05) is 6.92 Å². The zero-order valence-corrected chi connectivity index (χ0v) is 12.0. The first-order chi connectivity index (χ1) is 9.10. The number of fused-ring (bicyclic) bond motifs is 3. The zero-order chi connectivity index (χ0) is 13.7. The number of ether oxygens (including phenoxy) is 1. The lowest BCUT2D eigenvalue weighted by Gasteiger charge is -2.58. The Hall–Kier alpha value is -1.31. The van der Waals surface area contributed by atoms with Crippen molar-refractivity contribution < 1.29 is 9.53 Å². The Labute approximate surface area is 115 Å². The molecule has 0 bridgehead atoms. The van der Waals surface area contributed by atoms with Crippen molar-refractivity contribution >= 4 is 5.97 Å². The summed E-state index contributed by atoms with van der Waals surface area (Å²) in [5.41, 5.74) is 2.39. The van der Waals surface area contributed by atoms with Crippen LogP contribution in [0.15, 0.2) is 24.3 Å². The van der Waals surface area contributed by atoms with Crippen LogP contribution >= 0.6 is 0 Å². The highest BCUT2D eigenvalue weighted by Gasteiger charge is 2.70. The number of esters is 1. The lowest BCUT2D eigenvalue weighted by atomic mass is 9.44. The molecule has 1 aromatic rings.